The number of rotatable bonds is 3. The van der Waals surface area contributed by atoms with Gasteiger partial charge >= 0.3 is 5.97 Å². The smallest absolute Gasteiger partial charge is 0.346 e. The molecule has 1 aliphatic heterocycles. The molecule has 2 heterocycles. The van der Waals surface area contributed by atoms with E-state index < -0.39 is 5.97 Å². The van der Waals surface area contributed by atoms with Crippen LogP contribution in [0.2, 0.25) is 0 Å². The van der Waals surface area contributed by atoms with Gasteiger partial charge in [-0.25, -0.2) is 4.79 Å². The molecule has 0 radical (unpaired) electrons. The minimum absolute atomic E-state index is 0.495. The van der Waals surface area contributed by atoms with Crippen LogP contribution in [-0.4, -0.2) is 28.6 Å². The summed E-state index contributed by atoms with van der Waals surface area (Å²) in [5, 5.41) is 10.8. The van der Waals surface area contributed by atoms with E-state index in [-0.39, 0.29) is 0 Å². The normalized spacial score (nSPS) is 22.1. The second-order valence-corrected chi connectivity index (χ2v) is 4.96. The Morgan fingerprint density at radius 3 is 3.13 bits per heavy atom. The van der Waals surface area contributed by atoms with Crippen LogP contribution < -0.4 is 0 Å². The lowest BCUT2D eigenvalue weighted by atomic mass is 10.2. The van der Waals surface area contributed by atoms with Gasteiger partial charge in [0.1, 0.15) is 4.88 Å². The largest absolute Gasteiger partial charge is 0.477 e. The van der Waals surface area contributed by atoms with Crippen LogP contribution in [0.25, 0.3) is 0 Å². The lowest BCUT2D eigenvalue weighted by Crippen LogP contribution is -2.26. The third-order valence-electron chi connectivity index (χ3n) is 3.01. The maximum absolute atomic E-state index is 10.9. The molecule has 4 heteroatoms. The highest BCUT2D eigenvalue weighted by Gasteiger charge is 2.22. The van der Waals surface area contributed by atoms with Gasteiger partial charge < -0.3 is 5.11 Å². The molecule has 0 saturated carbocycles. The Kier molecular flexibility index (Phi) is 3.07. The Labute approximate surface area is 93.3 Å². The van der Waals surface area contributed by atoms with Crippen molar-refractivity contribution in [2.45, 2.75) is 32.4 Å². The number of carbonyl (C=O) groups is 1. The molecule has 1 fully saturated rings. The summed E-state index contributed by atoms with van der Waals surface area (Å²) in [6.45, 7) is 4.09. The lowest BCUT2D eigenvalue weighted by Gasteiger charge is -2.20. The van der Waals surface area contributed by atoms with Gasteiger partial charge in [-0.2, -0.15) is 0 Å². The van der Waals surface area contributed by atoms with Gasteiger partial charge in [-0.15, -0.1) is 11.3 Å². The molecule has 1 saturated heterocycles. The molecule has 15 heavy (non-hydrogen) atoms. The van der Waals surface area contributed by atoms with Gasteiger partial charge in [-0.3, -0.25) is 4.90 Å². The van der Waals surface area contributed by atoms with Crippen LogP contribution in [0, 0.1) is 0 Å². The van der Waals surface area contributed by atoms with Crippen LogP contribution >= 0.6 is 11.3 Å². The average molecular weight is 225 g/mol. The van der Waals surface area contributed by atoms with Gasteiger partial charge in [0.2, 0.25) is 0 Å². The summed E-state index contributed by atoms with van der Waals surface area (Å²) in [6, 6.07) is 2.52. The summed E-state index contributed by atoms with van der Waals surface area (Å²) in [5.41, 5.74) is 0.959. The van der Waals surface area contributed by atoms with Crippen molar-refractivity contribution in [2.75, 3.05) is 6.54 Å². The monoisotopic (exact) mass is 225 g/mol. The van der Waals surface area contributed by atoms with Crippen molar-refractivity contribution in [2.24, 2.45) is 0 Å². The van der Waals surface area contributed by atoms with Crippen LogP contribution in [-0.2, 0) is 6.54 Å². The lowest BCUT2D eigenvalue weighted by molar-refractivity contribution is 0.0700. The fraction of sp³-hybridized carbons (Fsp3) is 0.545. The number of carboxylic acids is 1. The molecule has 82 valence electrons. The Hall–Kier alpha value is -0.870. The number of likely N-dealkylation sites (tertiary alicyclic amines) is 1. The quantitative estimate of drug-likeness (QED) is 0.859. The Morgan fingerprint density at radius 2 is 2.53 bits per heavy atom. The zero-order chi connectivity index (χ0) is 10.8. The van der Waals surface area contributed by atoms with E-state index >= 15 is 0 Å². The minimum Gasteiger partial charge on any atom is -0.477 e. The van der Waals surface area contributed by atoms with E-state index in [1.54, 1.807) is 0 Å². The standard InChI is InChI=1S/C11H15NO2S/c1-8-3-2-5-12(8)7-9-4-6-15-10(9)11(13)14/h4,6,8H,2-3,5,7H2,1H3,(H,13,14). The minimum atomic E-state index is -0.799. The molecule has 1 aromatic rings. The number of hydrogen-bond acceptors (Lipinski definition) is 3. The van der Waals surface area contributed by atoms with Gasteiger partial charge in [-0.1, -0.05) is 0 Å². The molecule has 0 aromatic carbocycles. The van der Waals surface area contributed by atoms with Crippen molar-refractivity contribution in [3.8, 4) is 0 Å². The predicted molar refractivity (Wildman–Crippen MR) is 60.4 cm³/mol. The molecule has 0 spiro atoms. The van der Waals surface area contributed by atoms with E-state index in [0.717, 1.165) is 18.7 Å². The first-order chi connectivity index (χ1) is 7.18. The zero-order valence-corrected chi connectivity index (χ0v) is 9.59. The summed E-state index contributed by atoms with van der Waals surface area (Å²) in [4.78, 5) is 13.8. The molecule has 1 N–H and O–H groups in total. The molecule has 1 aromatic heterocycles. The van der Waals surface area contributed by atoms with E-state index in [0.29, 0.717) is 10.9 Å². The van der Waals surface area contributed by atoms with Gasteiger partial charge in [0.05, 0.1) is 0 Å². The van der Waals surface area contributed by atoms with Crippen molar-refractivity contribution in [1.82, 2.24) is 4.90 Å². The van der Waals surface area contributed by atoms with Crippen LogP contribution in [0.5, 0.6) is 0 Å². The topological polar surface area (TPSA) is 40.5 Å². The Morgan fingerprint density at radius 1 is 1.73 bits per heavy atom. The number of nitrogens with zero attached hydrogens (tertiary/aromatic N) is 1. The highest BCUT2D eigenvalue weighted by molar-refractivity contribution is 7.12. The van der Waals surface area contributed by atoms with E-state index in [1.165, 1.54) is 24.2 Å². The molecule has 1 unspecified atom stereocenters. The molecular formula is C11H15NO2S. The number of hydrogen-bond donors (Lipinski definition) is 1. The summed E-state index contributed by atoms with van der Waals surface area (Å²) in [6.07, 6.45) is 2.46. The third kappa shape index (κ3) is 2.21. The molecule has 0 amide bonds. The average Bonchev–Trinajstić information content (AvgIpc) is 2.77. The van der Waals surface area contributed by atoms with Crippen molar-refractivity contribution in [3.63, 3.8) is 0 Å². The number of aromatic carboxylic acids is 1. The highest BCUT2D eigenvalue weighted by atomic mass is 32.1. The summed E-state index contributed by atoms with van der Waals surface area (Å²) in [7, 11) is 0. The van der Waals surface area contributed by atoms with Crippen molar-refractivity contribution >= 4 is 17.3 Å². The first kappa shape index (κ1) is 10.6. The SMILES string of the molecule is CC1CCCN1Cc1ccsc1C(=O)O. The number of carboxylic acid groups (broad SMARTS) is 1. The van der Waals surface area contributed by atoms with Gasteiger partial charge in [0.15, 0.2) is 0 Å². The number of thiophene rings is 1. The summed E-state index contributed by atoms with van der Waals surface area (Å²) < 4.78 is 0. The van der Waals surface area contributed by atoms with E-state index in [2.05, 4.69) is 11.8 Å². The summed E-state index contributed by atoms with van der Waals surface area (Å²) >= 11 is 1.32. The fourth-order valence-electron chi connectivity index (χ4n) is 2.09. The maximum atomic E-state index is 10.9. The van der Waals surface area contributed by atoms with Crippen LogP contribution in [0.4, 0.5) is 0 Å². The second kappa shape index (κ2) is 4.33. The van der Waals surface area contributed by atoms with Crippen LogP contribution in [0.1, 0.15) is 35.0 Å². The van der Waals surface area contributed by atoms with Crippen molar-refractivity contribution in [3.05, 3.63) is 21.9 Å². The first-order valence-electron chi connectivity index (χ1n) is 5.22. The van der Waals surface area contributed by atoms with Gasteiger partial charge in [0.25, 0.3) is 0 Å². The molecule has 0 aliphatic carbocycles. The second-order valence-electron chi connectivity index (χ2n) is 4.04. The van der Waals surface area contributed by atoms with E-state index in [4.69, 9.17) is 5.11 Å². The van der Waals surface area contributed by atoms with Crippen LogP contribution in [0.15, 0.2) is 11.4 Å². The third-order valence-corrected chi connectivity index (χ3v) is 3.95. The molecule has 0 bridgehead atoms. The molecule has 1 aliphatic rings. The fourth-order valence-corrected chi connectivity index (χ4v) is 2.85. The van der Waals surface area contributed by atoms with Gasteiger partial charge in [0, 0.05) is 12.6 Å². The van der Waals surface area contributed by atoms with E-state index in [1.807, 2.05) is 11.4 Å². The first-order valence-corrected chi connectivity index (χ1v) is 6.10. The van der Waals surface area contributed by atoms with Crippen LogP contribution in [0.3, 0.4) is 0 Å². The zero-order valence-electron chi connectivity index (χ0n) is 8.77. The predicted octanol–water partition coefficient (Wildman–Crippen LogP) is 2.43. The van der Waals surface area contributed by atoms with Crippen molar-refractivity contribution < 1.29 is 9.90 Å². The van der Waals surface area contributed by atoms with Gasteiger partial charge in [-0.05, 0) is 43.3 Å². The molecular weight excluding hydrogens is 210 g/mol. The molecule has 3 nitrogen and oxygen atoms in total. The molecule has 1 atom stereocenters. The molecule has 2 rings (SSSR count). The van der Waals surface area contributed by atoms with E-state index in [9.17, 15) is 4.79 Å². The Bertz CT molecular complexity index is 361. The highest BCUT2D eigenvalue weighted by Crippen LogP contribution is 2.23. The van der Waals surface area contributed by atoms with Crippen molar-refractivity contribution in [1.29, 1.82) is 0 Å². The maximum Gasteiger partial charge on any atom is 0.346 e. The Balaban J connectivity index is 2.10. The summed E-state index contributed by atoms with van der Waals surface area (Å²) in [5.74, 6) is -0.799.